The fraction of sp³-hybridized carbons (Fsp3) is 0.286. The van der Waals surface area contributed by atoms with Gasteiger partial charge >= 0.3 is 0 Å². The number of nitrogens with zero attached hydrogens (tertiary/aromatic N) is 2. The fourth-order valence-corrected chi connectivity index (χ4v) is 1.77. The van der Waals surface area contributed by atoms with Gasteiger partial charge in [-0.05, 0) is 24.2 Å². The average Bonchev–Trinajstić information content (AvgIpc) is 2.41. The van der Waals surface area contributed by atoms with E-state index in [0.29, 0.717) is 31.1 Å². The van der Waals surface area contributed by atoms with Crippen LogP contribution in [-0.2, 0) is 12.8 Å². The number of aromatic nitrogens is 2. The van der Waals surface area contributed by atoms with Crippen LogP contribution in [0.25, 0.3) is 0 Å². The molecule has 0 bridgehead atoms. The Bertz CT molecular complexity index is 543. The fourth-order valence-electron chi connectivity index (χ4n) is 1.77. The lowest BCUT2D eigenvalue weighted by Crippen LogP contribution is -2.09. The third-order valence-electron chi connectivity index (χ3n) is 2.68. The lowest BCUT2D eigenvalue weighted by Gasteiger charge is -2.07. The van der Waals surface area contributed by atoms with Crippen molar-refractivity contribution in [3.05, 3.63) is 53.2 Å². The van der Waals surface area contributed by atoms with Crippen LogP contribution in [-0.4, -0.2) is 23.6 Å². The maximum Gasteiger partial charge on any atom is 0.216 e. The van der Waals surface area contributed by atoms with Gasteiger partial charge in [-0.15, -0.1) is 0 Å². The number of ether oxygens (including phenoxy) is 1. The van der Waals surface area contributed by atoms with E-state index in [1.165, 1.54) is 12.1 Å². The SMILES string of the molecule is COc1cc(Cc2ccc(F)cc2)nc(CCN)n1. The van der Waals surface area contributed by atoms with Crippen molar-refractivity contribution in [2.75, 3.05) is 13.7 Å². The molecule has 2 rings (SSSR count). The number of hydrogen-bond donors (Lipinski definition) is 1. The lowest BCUT2D eigenvalue weighted by molar-refractivity contribution is 0.394. The number of hydrogen-bond acceptors (Lipinski definition) is 4. The van der Waals surface area contributed by atoms with E-state index in [1.54, 1.807) is 25.3 Å². The van der Waals surface area contributed by atoms with E-state index >= 15 is 0 Å². The van der Waals surface area contributed by atoms with E-state index in [2.05, 4.69) is 9.97 Å². The first-order valence-corrected chi connectivity index (χ1v) is 6.06. The summed E-state index contributed by atoms with van der Waals surface area (Å²) in [6, 6.07) is 8.14. The summed E-state index contributed by atoms with van der Waals surface area (Å²) < 4.78 is 18.0. The van der Waals surface area contributed by atoms with Gasteiger partial charge in [0.1, 0.15) is 11.6 Å². The Morgan fingerprint density at radius 2 is 1.95 bits per heavy atom. The molecule has 2 aromatic rings. The van der Waals surface area contributed by atoms with E-state index in [0.717, 1.165) is 11.3 Å². The highest BCUT2D eigenvalue weighted by Crippen LogP contribution is 2.14. The molecule has 1 aromatic heterocycles. The molecule has 0 atom stereocenters. The maximum atomic E-state index is 12.8. The molecule has 0 aliphatic carbocycles. The molecule has 0 radical (unpaired) electrons. The van der Waals surface area contributed by atoms with Crippen LogP contribution in [0, 0.1) is 5.82 Å². The number of benzene rings is 1. The minimum absolute atomic E-state index is 0.243. The molecule has 4 nitrogen and oxygen atoms in total. The predicted molar refractivity (Wildman–Crippen MR) is 70.5 cm³/mol. The van der Waals surface area contributed by atoms with Crippen LogP contribution in [0.15, 0.2) is 30.3 Å². The standard InChI is InChI=1S/C14H16FN3O/c1-19-14-9-12(17-13(18-14)6-7-16)8-10-2-4-11(15)5-3-10/h2-5,9H,6-8,16H2,1H3. The largest absolute Gasteiger partial charge is 0.481 e. The number of methoxy groups -OCH3 is 1. The number of rotatable bonds is 5. The number of halogens is 1. The first-order valence-electron chi connectivity index (χ1n) is 6.06. The summed E-state index contributed by atoms with van der Waals surface area (Å²) in [6.07, 6.45) is 1.21. The molecule has 0 saturated heterocycles. The Morgan fingerprint density at radius 3 is 2.58 bits per heavy atom. The van der Waals surface area contributed by atoms with Gasteiger partial charge in [0.25, 0.3) is 0 Å². The van der Waals surface area contributed by atoms with E-state index in [1.807, 2.05) is 0 Å². The zero-order valence-electron chi connectivity index (χ0n) is 10.8. The summed E-state index contributed by atoms with van der Waals surface area (Å²) in [5.41, 5.74) is 7.33. The van der Waals surface area contributed by atoms with Crippen molar-refractivity contribution in [3.8, 4) is 5.88 Å². The molecule has 0 spiro atoms. The molecular formula is C14H16FN3O. The van der Waals surface area contributed by atoms with Gasteiger partial charge in [0.05, 0.1) is 12.8 Å². The van der Waals surface area contributed by atoms with Crippen LogP contribution >= 0.6 is 0 Å². The van der Waals surface area contributed by atoms with Gasteiger partial charge in [-0.3, -0.25) is 0 Å². The summed E-state index contributed by atoms with van der Waals surface area (Å²) in [5, 5.41) is 0. The second-order valence-corrected chi connectivity index (χ2v) is 4.16. The van der Waals surface area contributed by atoms with Crippen molar-refractivity contribution in [1.82, 2.24) is 9.97 Å². The van der Waals surface area contributed by atoms with Crippen molar-refractivity contribution < 1.29 is 9.13 Å². The molecule has 2 N–H and O–H groups in total. The van der Waals surface area contributed by atoms with Gasteiger partial charge < -0.3 is 10.5 Å². The normalized spacial score (nSPS) is 10.5. The second kappa shape index (κ2) is 6.24. The Hall–Kier alpha value is -2.01. The Labute approximate surface area is 111 Å². The molecule has 0 amide bonds. The summed E-state index contributed by atoms with van der Waals surface area (Å²) in [6.45, 7) is 0.489. The molecule has 0 fully saturated rings. The smallest absolute Gasteiger partial charge is 0.216 e. The minimum Gasteiger partial charge on any atom is -0.481 e. The van der Waals surface area contributed by atoms with Gasteiger partial charge in [-0.1, -0.05) is 12.1 Å². The zero-order chi connectivity index (χ0) is 13.7. The molecule has 19 heavy (non-hydrogen) atoms. The average molecular weight is 261 g/mol. The first kappa shape index (κ1) is 13.4. The van der Waals surface area contributed by atoms with E-state index in [4.69, 9.17) is 10.5 Å². The maximum absolute atomic E-state index is 12.8. The lowest BCUT2D eigenvalue weighted by atomic mass is 10.1. The molecule has 0 unspecified atom stereocenters. The third kappa shape index (κ3) is 3.72. The third-order valence-corrected chi connectivity index (χ3v) is 2.68. The summed E-state index contributed by atoms with van der Waals surface area (Å²) in [7, 11) is 1.57. The first-order chi connectivity index (χ1) is 9.21. The van der Waals surface area contributed by atoms with Crippen LogP contribution in [0.1, 0.15) is 17.1 Å². The van der Waals surface area contributed by atoms with E-state index < -0.39 is 0 Å². The molecule has 1 heterocycles. The van der Waals surface area contributed by atoms with Crippen LogP contribution in [0.5, 0.6) is 5.88 Å². The van der Waals surface area contributed by atoms with Crippen molar-refractivity contribution in [3.63, 3.8) is 0 Å². The molecule has 100 valence electrons. The second-order valence-electron chi connectivity index (χ2n) is 4.16. The predicted octanol–water partition coefficient (Wildman–Crippen LogP) is 1.72. The van der Waals surface area contributed by atoms with Crippen molar-refractivity contribution in [2.24, 2.45) is 5.73 Å². The molecule has 0 saturated carbocycles. The van der Waals surface area contributed by atoms with Gasteiger partial charge in [0, 0.05) is 18.9 Å². The Morgan fingerprint density at radius 1 is 1.21 bits per heavy atom. The zero-order valence-corrected chi connectivity index (χ0v) is 10.8. The summed E-state index contributed by atoms with van der Waals surface area (Å²) in [5.74, 6) is 0.947. The number of nitrogens with two attached hydrogens (primary N) is 1. The van der Waals surface area contributed by atoms with Gasteiger partial charge in [0.2, 0.25) is 5.88 Å². The Kier molecular flexibility index (Phi) is 4.41. The summed E-state index contributed by atoms with van der Waals surface area (Å²) >= 11 is 0. The Balaban J connectivity index is 2.23. The van der Waals surface area contributed by atoms with Crippen molar-refractivity contribution >= 4 is 0 Å². The molecule has 5 heteroatoms. The quantitative estimate of drug-likeness (QED) is 0.890. The van der Waals surface area contributed by atoms with Crippen LogP contribution < -0.4 is 10.5 Å². The van der Waals surface area contributed by atoms with Gasteiger partial charge in [-0.25, -0.2) is 9.37 Å². The molecular weight excluding hydrogens is 245 g/mol. The minimum atomic E-state index is -0.243. The molecule has 1 aromatic carbocycles. The highest BCUT2D eigenvalue weighted by molar-refractivity contribution is 5.25. The topological polar surface area (TPSA) is 61.0 Å². The van der Waals surface area contributed by atoms with Crippen LogP contribution in [0.3, 0.4) is 0 Å². The molecule has 0 aliphatic rings. The van der Waals surface area contributed by atoms with Crippen molar-refractivity contribution in [2.45, 2.75) is 12.8 Å². The summed E-state index contributed by atoms with van der Waals surface area (Å²) in [4.78, 5) is 8.65. The van der Waals surface area contributed by atoms with Crippen molar-refractivity contribution in [1.29, 1.82) is 0 Å². The van der Waals surface area contributed by atoms with E-state index in [9.17, 15) is 4.39 Å². The highest BCUT2D eigenvalue weighted by atomic mass is 19.1. The molecule has 0 aliphatic heterocycles. The van der Waals surface area contributed by atoms with Gasteiger partial charge in [-0.2, -0.15) is 4.98 Å². The van der Waals surface area contributed by atoms with Crippen LogP contribution in [0.2, 0.25) is 0 Å². The van der Waals surface area contributed by atoms with Crippen LogP contribution in [0.4, 0.5) is 4.39 Å². The highest BCUT2D eigenvalue weighted by Gasteiger charge is 2.06. The monoisotopic (exact) mass is 261 g/mol. The van der Waals surface area contributed by atoms with E-state index in [-0.39, 0.29) is 5.82 Å². The van der Waals surface area contributed by atoms with Gasteiger partial charge in [0.15, 0.2) is 0 Å².